The van der Waals surface area contributed by atoms with Crippen molar-refractivity contribution in [2.75, 3.05) is 20.8 Å². The highest BCUT2D eigenvalue weighted by Gasteiger charge is 2.37. The van der Waals surface area contributed by atoms with Crippen molar-refractivity contribution in [2.24, 2.45) is 0 Å². The molecule has 5 heteroatoms. The van der Waals surface area contributed by atoms with E-state index in [9.17, 15) is 4.79 Å². The first-order chi connectivity index (χ1) is 13.1. The zero-order valence-electron chi connectivity index (χ0n) is 18.1. The van der Waals surface area contributed by atoms with E-state index >= 15 is 0 Å². The van der Waals surface area contributed by atoms with E-state index < -0.39 is 8.32 Å². The number of ketones is 1. The number of methoxy groups -OCH3 is 2. The fraction of sp³-hybridized carbons (Fsp3) is 0.435. The molecule has 0 fully saturated rings. The Hall–Kier alpha value is -2.11. The summed E-state index contributed by atoms with van der Waals surface area (Å²) in [6.45, 7) is 11.7. The Morgan fingerprint density at radius 2 is 1.68 bits per heavy atom. The SMILES string of the molecule is COc1cccc(C(=O)c2c(CCO[Si](C)(C)C(C)(C)C)cccc2OC)c1. The number of carbonyl (C=O) groups is 1. The summed E-state index contributed by atoms with van der Waals surface area (Å²) in [5.74, 6) is 1.17. The molecular weight excluding hydrogens is 368 g/mol. The van der Waals surface area contributed by atoms with Crippen molar-refractivity contribution >= 4 is 14.1 Å². The van der Waals surface area contributed by atoms with Crippen LogP contribution in [0.1, 0.15) is 42.3 Å². The lowest BCUT2D eigenvalue weighted by Gasteiger charge is -2.36. The Kier molecular flexibility index (Phi) is 7.07. The van der Waals surface area contributed by atoms with Gasteiger partial charge in [-0.1, -0.05) is 45.0 Å². The standard InChI is InChI=1S/C23H32O4Si/c1-23(2,3)28(6,7)27-15-14-17-10-9-13-20(26-5)21(17)22(24)18-11-8-12-19(16-18)25-4/h8-13,16H,14-15H2,1-7H3. The normalized spacial score (nSPS) is 12.0. The lowest BCUT2D eigenvalue weighted by molar-refractivity contribution is 0.103. The van der Waals surface area contributed by atoms with Gasteiger partial charge in [-0.05, 0) is 48.3 Å². The average molecular weight is 401 g/mol. The molecule has 0 aliphatic rings. The first kappa shape index (κ1) is 22.2. The summed E-state index contributed by atoms with van der Waals surface area (Å²) in [6, 6.07) is 12.9. The van der Waals surface area contributed by atoms with Crippen LogP contribution in [0.3, 0.4) is 0 Å². The van der Waals surface area contributed by atoms with Crippen LogP contribution in [0, 0.1) is 0 Å². The molecule has 2 rings (SSSR count). The van der Waals surface area contributed by atoms with Crippen molar-refractivity contribution in [2.45, 2.75) is 45.3 Å². The first-order valence-corrected chi connectivity index (χ1v) is 12.5. The maximum absolute atomic E-state index is 13.3. The smallest absolute Gasteiger partial charge is 0.197 e. The van der Waals surface area contributed by atoms with Gasteiger partial charge in [0.25, 0.3) is 0 Å². The predicted octanol–water partition coefficient (Wildman–Crippen LogP) is 5.50. The van der Waals surface area contributed by atoms with Crippen LogP contribution in [0.4, 0.5) is 0 Å². The molecule has 0 aliphatic carbocycles. The summed E-state index contributed by atoms with van der Waals surface area (Å²) in [4.78, 5) is 13.3. The number of hydrogen-bond acceptors (Lipinski definition) is 4. The number of benzene rings is 2. The monoisotopic (exact) mass is 400 g/mol. The molecule has 0 saturated heterocycles. The molecule has 0 radical (unpaired) electrons. The van der Waals surface area contributed by atoms with Crippen molar-refractivity contribution in [3.8, 4) is 11.5 Å². The van der Waals surface area contributed by atoms with Crippen LogP contribution in [0.2, 0.25) is 18.1 Å². The van der Waals surface area contributed by atoms with Crippen LogP contribution in [-0.4, -0.2) is 34.9 Å². The van der Waals surface area contributed by atoms with Crippen molar-refractivity contribution < 1.29 is 18.7 Å². The third-order valence-corrected chi connectivity index (χ3v) is 10.1. The molecule has 0 saturated carbocycles. The average Bonchev–Trinajstić information content (AvgIpc) is 2.66. The number of ether oxygens (including phenoxy) is 2. The molecule has 0 unspecified atom stereocenters. The molecule has 2 aromatic rings. The van der Waals surface area contributed by atoms with Gasteiger partial charge < -0.3 is 13.9 Å². The summed E-state index contributed by atoms with van der Waals surface area (Å²) in [6.07, 6.45) is 0.661. The van der Waals surface area contributed by atoms with E-state index in [2.05, 4.69) is 33.9 Å². The van der Waals surface area contributed by atoms with Gasteiger partial charge in [0.05, 0.1) is 19.8 Å². The second-order valence-corrected chi connectivity index (χ2v) is 13.2. The molecule has 2 aromatic carbocycles. The Labute approximate surface area is 170 Å². The zero-order valence-corrected chi connectivity index (χ0v) is 19.1. The number of rotatable bonds is 8. The van der Waals surface area contributed by atoms with E-state index in [0.29, 0.717) is 35.7 Å². The van der Waals surface area contributed by atoms with E-state index in [1.807, 2.05) is 30.3 Å². The third-order valence-electron chi connectivity index (χ3n) is 5.53. The van der Waals surface area contributed by atoms with Crippen LogP contribution in [0.25, 0.3) is 0 Å². The molecular formula is C23H32O4Si. The van der Waals surface area contributed by atoms with Gasteiger partial charge in [-0.15, -0.1) is 0 Å². The topological polar surface area (TPSA) is 44.8 Å². The summed E-state index contributed by atoms with van der Waals surface area (Å²) in [5.41, 5.74) is 2.11. The Morgan fingerprint density at radius 3 is 2.29 bits per heavy atom. The van der Waals surface area contributed by atoms with Gasteiger partial charge in [0.2, 0.25) is 0 Å². The predicted molar refractivity (Wildman–Crippen MR) is 116 cm³/mol. The second-order valence-electron chi connectivity index (χ2n) is 8.41. The highest BCUT2D eigenvalue weighted by Crippen LogP contribution is 2.36. The van der Waals surface area contributed by atoms with Crippen molar-refractivity contribution in [1.29, 1.82) is 0 Å². The van der Waals surface area contributed by atoms with Gasteiger partial charge in [-0.3, -0.25) is 4.79 Å². The molecule has 0 aliphatic heterocycles. The molecule has 0 atom stereocenters. The van der Waals surface area contributed by atoms with E-state index in [0.717, 1.165) is 5.56 Å². The lowest BCUT2D eigenvalue weighted by Crippen LogP contribution is -2.41. The largest absolute Gasteiger partial charge is 0.497 e. The molecule has 4 nitrogen and oxygen atoms in total. The van der Waals surface area contributed by atoms with Crippen molar-refractivity contribution in [3.63, 3.8) is 0 Å². The number of carbonyl (C=O) groups excluding carboxylic acids is 1. The van der Waals surface area contributed by atoms with Crippen LogP contribution >= 0.6 is 0 Å². The van der Waals surface area contributed by atoms with E-state index in [-0.39, 0.29) is 10.8 Å². The maximum atomic E-state index is 13.3. The van der Waals surface area contributed by atoms with Gasteiger partial charge in [0.15, 0.2) is 14.1 Å². The highest BCUT2D eigenvalue weighted by molar-refractivity contribution is 6.74. The number of hydrogen-bond donors (Lipinski definition) is 0. The van der Waals surface area contributed by atoms with Gasteiger partial charge in [0, 0.05) is 12.2 Å². The molecule has 0 aromatic heterocycles. The first-order valence-electron chi connectivity index (χ1n) is 9.59. The summed E-state index contributed by atoms with van der Waals surface area (Å²) >= 11 is 0. The fourth-order valence-electron chi connectivity index (χ4n) is 2.75. The van der Waals surface area contributed by atoms with Crippen LogP contribution in [0.5, 0.6) is 11.5 Å². The van der Waals surface area contributed by atoms with Crippen LogP contribution < -0.4 is 9.47 Å². The minimum absolute atomic E-state index is 0.0707. The summed E-state index contributed by atoms with van der Waals surface area (Å²) in [5, 5.41) is 0.153. The quantitative estimate of drug-likeness (QED) is 0.433. The summed E-state index contributed by atoms with van der Waals surface area (Å²) < 4.78 is 17.1. The third kappa shape index (κ3) is 5.03. The Morgan fingerprint density at radius 1 is 1.00 bits per heavy atom. The van der Waals surface area contributed by atoms with Crippen LogP contribution in [0.15, 0.2) is 42.5 Å². The molecule has 0 bridgehead atoms. The van der Waals surface area contributed by atoms with Gasteiger partial charge in [-0.2, -0.15) is 0 Å². The zero-order chi connectivity index (χ0) is 20.9. The molecule has 152 valence electrons. The Balaban J connectivity index is 2.30. The summed E-state index contributed by atoms with van der Waals surface area (Å²) in [7, 11) is 1.35. The van der Waals surface area contributed by atoms with Crippen molar-refractivity contribution in [3.05, 3.63) is 59.2 Å². The van der Waals surface area contributed by atoms with Gasteiger partial charge >= 0.3 is 0 Å². The fourth-order valence-corrected chi connectivity index (χ4v) is 3.80. The minimum Gasteiger partial charge on any atom is -0.497 e. The molecule has 0 spiro atoms. The van der Waals surface area contributed by atoms with Crippen molar-refractivity contribution in [1.82, 2.24) is 0 Å². The second kappa shape index (κ2) is 8.93. The van der Waals surface area contributed by atoms with E-state index in [4.69, 9.17) is 13.9 Å². The van der Waals surface area contributed by atoms with Crippen LogP contribution in [-0.2, 0) is 10.8 Å². The highest BCUT2D eigenvalue weighted by atomic mass is 28.4. The lowest BCUT2D eigenvalue weighted by atomic mass is 9.95. The molecule has 28 heavy (non-hydrogen) atoms. The van der Waals surface area contributed by atoms with E-state index in [1.165, 1.54) is 0 Å². The molecule has 0 N–H and O–H groups in total. The van der Waals surface area contributed by atoms with Gasteiger partial charge in [0.1, 0.15) is 11.5 Å². The molecule has 0 heterocycles. The Bertz CT molecular complexity index is 822. The van der Waals surface area contributed by atoms with Gasteiger partial charge in [-0.25, -0.2) is 0 Å². The molecule has 0 amide bonds. The minimum atomic E-state index is -1.83. The van der Waals surface area contributed by atoms with E-state index in [1.54, 1.807) is 26.4 Å². The maximum Gasteiger partial charge on any atom is 0.197 e.